The molecule has 3 aromatic rings. The van der Waals surface area contributed by atoms with Gasteiger partial charge < -0.3 is 24.3 Å². The Morgan fingerprint density at radius 3 is 2.89 bits per heavy atom. The van der Waals surface area contributed by atoms with E-state index in [1.165, 1.54) is 18.5 Å². The smallest absolute Gasteiger partial charge is 0.309 e. The molecule has 0 radical (unpaired) electrons. The molecular weight excluding hydrogens is 515 g/mol. The molecule has 1 saturated heterocycles. The van der Waals surface area contributed by atoms with Crippen LogP contribution in [0.4, 0.5) is 15.9 Å². The highest BCUT2D eigenvalue weighted by molar-refractivity contribution is 6.31. The van der Waals surface area contributed by atoms with Crippen molar-refractivity contribution in [1.82, 2.24) is 14.9 Å². The Balaban J connectivity index is 1.18. The van der Waals surface area contributed by atoms with E-state index in [1.54, 1.807) is 19.2 Å². The van der Waals surface area contributed by atoms with E-state index in [4.69, 9.17) is 30.5 Å². The van der Waals surface area contributed by atoms with Crippen LogP contribution in [0.1, 0.15) is 19.3 Å². The van der Waals surface area contributed by atoms with Gasteiger partial charge in [0.25, 0.3) is 0 Å². The van der Waals surface area contributed by atoms with Crippen LogP contribution in [0.5, 0.6) is 11.5 Å². The monoisotopic (exact) mass is 544 g/mol. The highest BCUT2D eigenvalue weighted by Gasteiger charge is 2.32. The second-order valence-electron chi connectivity index (χ2n) is 9.40. The number of fused-ring (bicyclic) bond motifs is 1. The van der Waals surface area contributed by atoms with E-state index in [0.29, 0.717) is 48.3 Å². The molecule has 1 aromatic heterocycles. The molecule has 11 heteroatoms. The van der Waals surface area contributed by atoms with Crippen molar-refractivity contribution in [2.45, 2.75) is 25.4 Å². The number of hydrogen-bond acceptors (Lipinski definition) is 9. The van der Waals surface area contributed by atoms with Crippen molar-refractivity contribution < 1.29 is 28.1 Å². The number of aromatic nitrogens is 2. The number of carbonyl (C=O) groups excluding carboxylic acids is 1. The van der Waals surface area contributed by atoms with Crippen LogP contribution >= 0.6 is 11.6 Å². The number of rotatable bonds is 11. The average Bonchev–Trinajstić information content (AvgIpc) is 3.78. The Hall–Kier alpha value is -3.21. The van der Waals surface area contributed by atoms with E-state index in [2.05, 4.69) is 20.2 Å². The summed E-state index contributed by atoms with van der Waals surface area (Å²) in [6.45, 7) is 3.76. The number of carbonyl (C=O) groups is 1. The van der Waals surface area contributed by atoms with E-state index in [-0.39, 0.29) is 23.0 Å². The van der Waals surface area contributed by atoms with Gasteiger partial charge in [0.05, 0.1) is 36.8 Å². The number of methoxy groups -OCH3 is 1. The summed E-state index contributed by atoms with van der Waals surface area (Å²) in [4.78, 5) is 22.8. The third kappa shape index (κ3) is 6.61. The Morgan fingerprint density at radius 2 is 2.11 bits per heavy atom. The van der Waals surface area contributed by atoms with Crippen LogP contribution in [0, 0.1) is 11.7 Å². The van der Waals surface area contributed by atoms with Crippen molar-refractivity contribution >= 4 is 40.0 Å². The zero-order chi connectivity index (χ0) is 26.5. The molecule has 38 heavy (non-hydrogen) atoms. The normalized spacial score (nSPS) is 17.8. The summed E-state index contributed by atoms with van der Waals surface area (Å²) in [6.07, 6.45) is 4.01. The van der Waals surface area contributed by atoms with Gasteiger partial charge in [-0.1, -0.05) is 11.6 Å². The van der Waals surface area contributed by atoms with Gasteiger partial charge in [0.1, 0.15) is 30.7 Å². The summed E-state index contributed by atoms with van der Waals surface area (Å²) in [5, 5.41) is 3.91. The quantitative estimate of drug-likeness (QED) is 0.274. The van der Waals surface area contributed by atoms with Crippen LogP contribution in [-0.4, -0.2) is 73.5 Å². The molecule has 5 rings (SSSR count). The molecule has 2 aromatic carbocycles. The molecule has 0 amide bonds. The fourth-order valence-corrected chi connectivity index (χ4v) is 4.49. The number of ether oxygens (including phenoxy) is 4. The first-order chi connectivity index (χ1) is 18.5. The third-order valence-corrected chi connectivity index (χ3v) is 6.81. The minimum atomic E-state index is -0.491. The Bertz CT molecular complexity index is 1290. The Morgan fingerprint density at radius 1 is 1.24 bits per heavy atom. The first-order valence-electron chi connectivity index (χ1n) is 12.7. The number of nitrogens with one attached hydrogen (secondary N) is 1. The fraction of sp³-hybridized carbons (Fsp3) is 0.444. The van der Waals surface area contributed by atoms with Crippen molar-refractivity contribution in [2.24, 2.45) is 5.92 Å². The van der Waals surface area contributed by atoms with Gasteiger partial charge in [-0.25, -0.2) is 14.4 Å². The molecule has 2 heterocycles. The lowest BCUT2D eigenvalue weighted by Gasteiger charge is -2.32. The molecule has 0 spiro atoms. The van der Waals surface area contributed by atoms with Gasteiger partial charge in [-0.05, 0) is 43.5 Å². The number of morpholine rings is 1. The molecule has 1 saturated carbocycles. The summed E-state index contributed by atoms with van der Waals surface area (Å²) in [5.74, 6) is 1.17. The van der Waals surface area contributed by atoms with E-state index in [0.717, 1.165) is 44.3 Å². The van der Waals surface area contributed by atoms with Crippen LogP contribution < -0.4 is 14.8 Å². The summed E-state index contributed by atoms with van der Waals surface area (Å²) >= 11 is 5.93. The van der Waals surface area contributed by atoms with Crippen molar-refractivity contribution in [3.8, 4) is 11.5 Å². The first kappa shape index (κ1) is 26.4. The minimum Gasteiger partial charge on any atom is -0.493 e. The summed E-state index contributed by atoms with van der Waals surface area (Å²) in [6, 6.07) is 8.01. The standard InChI is InChI=1S/C27H30ClFN4O5/c1-35-24-13-23-20(26(31-16-30-23)32-18-5-6-22(29)21(28)11-18)12-25(24)37-9-2-7-33-8-10-36-19(14-33)15-38-27(34)17-3-4-17/h5-6,11-13,16-17,19H,2-4,7-10,14-15H2,1H3,(H,30,31,32)/t19-/m0/s1. The van der Waals surface area contributed by atoms with Crippen LogP contribution in [-0.2, 0) is 14.3 Å². The van der Waals surface area contributed by atoms with E-state index >= 15 is 0 Å². The largest absolute Gasteiger partial charge is 0.493 e. The predicted octanol–water partition coefficient (Wildman–Crippen LogP) is 4.60. The van der Waals surface area contributed by atoms with Crippen LogP contribution in [0.25, 0.3) is 10.9 Å². The molecule has 2 fully saturated rings. The molecular formula is C27H30ClFN4O5. The Kier molecular flexibility index (Phi) is 8.41. The van der Waals surface area contributed by atoms with Gasteiger partial charge in [0, 0.05) is 36.8 Å². The Labute approximate surface area is 225 Å². The van der Waals surface area contributed by atoms with Gasteiger partial charge in [-0.15, -0.1) is 0 Å². The average molecular weight is 545 g/mol. The van der Waals surface area contributed by atoms with Crippen LogP contribution in [0.2, 0.25) is 5.02 Å². The number of nitrogens with zero attached hydrogens (tertiary/aromatic N) is 3. The molecule has 1 aliphatic carbocycles. The van der Waals surface area contributed by atoms with Crippen molar-refractivity contribution in [3.05, 3.63) is 47.5 Å². The molecule has 1 N–H and O–H groups in total. The van der Waals surface area contributed by atoms with E-state index in [1.807, 2.05) is 6.07 Å². The second kappa shape index (κ2) is 12.1. The molecule has 1 atom stereocenters. The van der Waals surface area contributed by atoms with Gasteiger partial charge >= 0.3 is 5.97 Å². The maximum Gasteiger partial charge on any atom is 0.309 e. The minimum absolute atomic E-state index is 0.0184. The van der Waals surface area contributed by atoms with E-state index < -0.39 is 5.82 Å². The molecule has 1 aliphatic heterocycles. The summed E-state index contributed by atoms with van der Waals surface area (Å²) in [7, 11) is 1.58. The zero-order valence-electron chi connectivity index (χ0n) is 21.1. The topological polar surface area (TPSA) is 95.0 Å². The maximum atomic E-state index is 13.6. The number of esters is 1. The van der Waals surface area contributed by atoms with Crippen molar-refractivity contribution in [2.75, 3.05) is 51.9 Å². The SMILES string of the molecule is COc1cc2ncnc(Nc3ccc(F)c(Cl)c3)c2cc1OCCCN1CCO[C@H](COC(=O)C2CC2)C1. The predicted molar refractivity (Wildman–Crippen MR) is 141 cm³/mol. The second-order valence-corrected chi connectivity index (χ2v) is 9.80. The lowest BCUT2D eigenvalue weighted by atomic mass is 10.2. The van der Waals surface area contributed by atoms with Gasteiger partial charge in [-0.2, -0.15) is 0 Å². The lowest BCUT2D eigenvalue weighted by molar-refractivity contribution is -0.152. The highest BCUT2D eigenvalue weighted by Crippen LogP contribution is 2.35. The van der Waals surface area contributed by atoms with Crippen molar-refractivity contribution in [3.63, 3.8) is 0 Å². The van der Waals surface area contributed by atoms with Gasteiger partial charge in [-0.3, -0.25) is 9.69 Å². The lowest BCUT2D eigenvalue weighted by Crippen LogP contribution is -2.45. The van der Waals surface area contributed by atoms with Crippen LogP contribution in [0.15, 0.2) is 36.7 Å². The molecule has 0 bridgehead atoms. The zero-order valence-corrected chi connectivity index (χ0v) is 21.9. The maximum absolute atomic E-state index is 13.6. The van der Waals surface area contributed by atoms with E-state index in [9.17, 15) is 9.18 Å². The first-order valence-corrected chi connectivity index (χ1v) is 13.1. The highest BCUT2D eigenvalue weighted by atomic mass is 35.5. The fourth-order valence-electron chi connectivity index (χ4n) is 4.31. The third-order valence-electron chi connectivity index (χ3n) is 6.52. The van der Waals surface area contributed by atoms with Gasteiger partial charge in [0.15, 0.2) is 11.5 Å². The molecule has 9 nitrogen and oxygen atoms in total. The molecule has 202 valence electrons. The summed E-state index contributed by atoms with van der Waals surface area (Å²) < 4.78 is 36.3. The number of halogens is 2. The van der Waals surface area contributed by atoms with Crippen LogP contribution in [0.3, 0.4) is 0 Å². The number of anilines is 2. The number of hydrogen-bond donors (Lipinski definition) is 1. The summed E-state index contributed by atoms with van der Waals surface area (Å²) in [5.41, 5.74) is 1.27. The molecule has 0 unspecified atom stereocenters. The van der Waals surface area contributed by atoms with Gasteiger partial charge in [0.2, 0.25) is 0 Å². The number of benzene rings is 2. The van der Waals surface area contributed by atoms with Crippen molar-refractivity contribution in [1.29, 1.82) is 0 Å². The molecule has 2 aliphatic rings.